The number of rotatable bonds is 6. The lowest BCUT2D eigenvalue weighted by Gasteiger charge is -2.13. The van der Waals surface area contributed by atoms with E-state index in [0.717, 1.165) is 49.2 Å². The molecule has 4 heteroatoms. The Hall–Kier alpha value is -1.26. The first-order chi connectivity index (χ1) is 8.83. The molecule has 0 amide bonds. The third-order valence-electron chi connectivity index (χ3n) is 3.40. The van der Waals surface area contributed by atoms with Crippen molar-refractivity contribution in [2.75, 3.05) is 33.9 Å². The van der Waals surface area contributed by atoms with Crippen molar-refractivity contribution in [1.82, 2.24) is 10.6 Å². The van der Waals surface area contributed by atoms with Crippen LogP contribution in [0.25, 0.3) is 0 Å². The summed E-state index contributed by atoms with van der Waals surface area (Å²) < 4.78 is 10.6. The molecule has 1 atom stereocenters. The van der Waals surface area contributed by atoms with Gasteiger partial charge in [0.2, 0.25) is 0 Å². The van der Waals surface area contributed by atoms with Crippen molar-refractivity contribution >= 4 is 0 Å². The molecule has 0 aliphatic carbocycles. The first-order valence-electron chi connectivity index (χ1n) is 6.46. The molecule has 1 aliphatic rings. The summed E-state index contributed by atoms with van der Waals surface area (Å²) >= 11 is 0. The van der Waals surface area contributed by atoms with Gasteiger partial charge in [-0.05, 0) is 50.2 Å². The van der Waals surface area contributed by atoms with Crippen LogP contribution in [0.3, 0.4) is 0 Å². The monoisotopic (exact) mass is 250 g/mol. The van der Waals surface area contributed by atoms with E-state index in [4.69, 9.17) is 9.47 Å². The third kappa shape index (κ3) is 3.37. The maximum atomic E-state index is 5.36. The molecule has 4 nitrogen and oxygen atoms in total. The van der Waals surface area contributed by atoms with E-state index in [0.29, 0.717) is 0 Å². The van der Waals surface area contributed by atoms with Gasteiger partial charge in [0.25, 0.3) is 0 Å². The van der Waals surface area contributed by atoms with Crippen LogP contribution in [0.5, 0.6) is 11.5 Å². The van der Waals surface area contributed by atoms with Crippen LogP contribution in [0.1, 0.15) is 12.0 Å². The SMILES string of the molecule is COc1ccc(OC)c(CNCC2CCNC2)c1. The average Bonchev–Trinajstić information content (AvgIpc) is 2.92. The minimum atomic E-state index is 0.751. The molecule has 0 bridgehead atoms. The first kappa shape index (κ1) is 13.2. The topological polar surface area (TPSA) is 42.5 Å². The first-order valence-corrected chi connectivity index (χ1v) is 6.46. The summed E-state index contributed by atoms with van der Waals surface area (Å²) in [6.07, 6.45) is 1.27. The van der Waals surface area contributed by atoms with Crippen LogP contribution in [-0.2, 0) is 6.54 Å². The van der Waals surface area contributed by atoms with Crippen molar-refractivity contribution in [3.63, 3.8) is 0 Å². The van der Waals surface area contributed by atoms with E-state index in [9.17, 15) is 0 Å². The normalized spacial score (nSPS) is 18.9. The van der Waals surface area contributed by atoms with E-state index in [1.165, 1.54) is 6.42 Å². The van der Waals surface area contributed by atoms with Gasteiger partial charge in [-0.3, -0.25) is 0 Å². The fourth-order valence-electron chi connectivity index (χ4n) is 2.32. The minimum Gasteiger partial charge on any atom is -0.497 e. The number of hydrogen-bond donors (Lipinski definition) is 2. The third-order valence-corrected chi connectivity index (χ3v) is 3.40. The quantitative estimate of drug-likeness (QED) is 0.801. The Kier molecular flexibility index (Phi) is 4.84. The van der Waals surface area contributed by atoms with E-state index in [1.807, 2.05) is 18.2 Å². The van der Waals surface area contributed by atoms with Crippen LogP contribution in [0.15, 0.2) is 18.2 Å². The van der Waals surface area contributed by atoms with Gasteiger partial charge < -0.3 is 20.1 Å². The number of nitrogens with one attached hydrogen (secondary N) is 2. The summed E-state index contributed by atoms with van der Waals surface area (Å²) in [5.74, 6) is 2.53. The molecule has 0 spiro atoms. The molecule has 2 rings (SSSR count). The maximum absolute atomic E-state index is 5.36. The van der Waals surface area contributed by atoms with Gasteiger partial charge in [-0.25, -0.2) is 0 Å². The van der Waals surface area contributed by atoms with Gasteiger partial charge in [-0.15, -0.1) is 0 Å². The molecule has 18 heavy (non-hydrogen) atoms. The van der Waals surface area contributed by atoms with Gasteiger partial charge >= 0.3 is 0 Å². The molecule has 0 radical (unpaired) electrons. The summed E-state index contributed by atoms with van der Waals surface area (Å²) in [6.45, 7) is 4.14. The van der Waals surface area contributed by atoms with Gasteiger partial charge in [0.05, 0.1) is 14.2 Å². The van der Waals surface area contributed by atoms with Crippen molar-refractivity contribution in [2.24, 2.45) is 5.92 Å². The summed E-state index contributed by atoms with van der Waals surface area (Å²) in [7, 11) is 3.38. The molecule has 1 fully saturated rings. The zero-order valence-electron chi connectivity index (χ0n) is 11.2. The van der Waals surface area contributed by atoms with Gasteiger partial charge in [-0.2, -0.15) is 0 Å². The Morgan fingerprint density at radius 3 is 2.89 bits per heavy atom. The van der Waals surface area contributed by atoms with E-state index in [2.05, 4.69) is 10.6 Å². The largest absolute Gasteiger partial charge is 0.497 e. The molecule has 1 aliphatic heterocycles. The van der Waals surface area contributed by atoms with Crippen LogP contribution >= 0.6 is 0 Å². The van der Waals surface area contributed by atoms with E-state index in [-0.39, 0.29) is 0 Å². The summed E-state index contributed by atoms with van der Waals surface area (Å²) in [5.41, 5.74) is 1.14. The lowest BCUT2D eigenvalue weighted by atomic mass is 10.1. The van der Waals surface area contributed by atoms with Crippen molar-refractivity contribution < 1.29 is 9.47 Å². The second kappa shape index (κ2) is 6.61. The highest BCUT2D eigenvalue weighted by Crippen LogP contribution is 2.23. The van der Waals surface area contributed by atoms with Crippen LogP contribution in [0.2, 0.25) is 0 Å². The lowest BCUT2D eigenvalue weighted by Crippen LogP contribution is -2.24. The van der Waals surface area contributed by atoms with Crippen LogP contribution in [0.4, 0.5) is 0 Å². The molecular weight excluding hydrogens is 228 g/mol. The van der Waals surface area contributed by atoms with Crippen molar-refractivity contribution in [3.8, 4) is 11.5 Å². The summed E-state index contributed by atoms with van der Waals surface area (Å²) in [6, 6.07) is 5.90. The maximum Gasteiger partial charge on any atom is 0.123 e. The molecule has 2 N–H and O–H groups in total. The molecule has 1 aromatic rings. The lowest BCUT2D eigenvalue weighted by molar-refractivity contribution is 0.396. The fraction of sp³-hybridized carbons (Fsp3) is 0.571. The zero-order valence-corrected chi connectivity index (χ0v) is 11.2. The van der Waals surface area contributed by atoms with Crippen LogP contribution < -0.4 is 20.1 Å². The molecule has 1 saturated heterocycles. The smallest absolute Gasteiger partial charge is 0.123 e. The molecule has 1 heterocycles. The molecule has 100 valence electrons. The Morgan fingerprint density at radius 2 is 2.22 bits per heavy atom. The second-order valence-electron chi connectivity index (χ2n) is 4.67. The van der Waals surface area contributed by atoms with Crippen LogP contribution in [0, 0.1) is 5.92 Å². The predicted molar refractivity (Wildman–Crippen MR) is 72.2 cm³/mol. The number of methoxy groups -OCH3 is 2. The van der Waals surface area contributed by atoms with Crippen molar-refractivity contribution in [1.29, 1.82) is 0 Å². The highest BCUT2D eigenvalue weighted by atomic mass is 16.5. The van der Waals surface area contributed by atoms with E-state index in [1.54, 1.807) is 14.2 Å². The number of hydrogen-bond acceptors (Lipinski definition) is 4. The highest BCUT2D eigenvalue weighted by Gasteiger charge is 2.14. The number of ether oxygens (including phenoxy) is 2. The molecule has 0 saturated carbocycles. The van der Waals surface area contributed by atoms with Crippen LogP contribution in [-0.4, -0.2) is 33.9 Å². The minimum absolute atomic E-state index is 0.751. The fourth-order valence-corrected chi connectivity index (χ4v) is 2.32. The molecule has 1 aromatic carbocycles. The van der Waals surface area contributed by atoms with Crippen molar-refractivity contribution in [2.45, 2.75) is 13.0 Å². The Balaban J connectivity index is 1.89. The summed E-state index contributed by atoms with van der Waals surface area (Å²) in [4.78, 5) is 0. The molecule has 0 aromatic heterocycles. The second-order valence-corrected chi connectivity index (χ2v) is 4.67. The standard InChI is InChI=1S/C14H22N2O2/c1-17-13-3-4-14(18-2)12(7-13)10-16-9-11-5-6-15-8-11/h3-4,7,11,15-16H,5-6,8-10H2,1-2H3. The van der Waals surface area contributed by atoms with Gasteiger partial charge in [0, 0.05) is 12.1 Å². The van der Waals surface area contributed by atoms with Gasteiger partial charge in [-0.1, -0.05) is 0 Å². The van der Waals surface area contributed by atoms with E-state index >= 15 is 0 Å². The summed E-state index contributed by atoms with van der Waals surface area (Å²) in [5, 5.41) is 6.87. The predicted octanol–water partition coefficient (Wildman–Crippen LogP) is 1.40. The van der Waals surface area contributed by atoms with E-state index < -0.39 is 0 Å². The van der Waals surface area contributed by atoms with Crippen molar-refractivity contribution in [3.05, 3.63) is 23.8 Å². The number of benzene rings is 1. The van der Waals surface area contributed by atoms with Gasteiger partial charge in [0.15, 0.2) is 0 Å². The molecular formula is C14H22N2O2. The van der Waals surface area contributed by atoms with Gasteiger partial charge in [0.1, 0.15) is 11.5 Å². The highest BCUT2D eigenvalue weighted by molar-refractivity contribution is 5.40. The Labute approximate surface area is 109 Å². The zero-order chi connectivity index (χ0) is 12.8. The Bertz CT molecular complexity index is 376. The average molecular weight is 250 g/mol. The Morgan fingerprint density at radius 1 is 1.33 bits per heavy atom. The molecule has 1 unspecified atom stereocenters.